The van der Waals surface area contributed by atoms with Crippen molar-refractivity contribution >= 4 is 36.0 Å². The standard InChI is InChI=1S/C10H7F6N2O5S3.K/c1-2-7-3-5-8(6-4-7)24(19,20)17-25(21,9(11,12)13)18-26(22,23)10(14,15)16;/h2-6H,1H2;/q-1;+1. The molecule has 0 saturated carbocycles. The second kappa shape index (κ2) is 8.78. The van der Waals surface area contributed by atoms with Crippen LogP contribution < -0.4 is 51.4 Å². The topological polar surface area (TPSA) is 112 Å². The van der Waals surface area contributed by atoms with Crippen LogP contribution in [0.25, 0.3) is 10.2 Å². The Hall–Kier alpha value is -0.0136. The van der Waals surface area contributed by atoms with E-state index in [1.54, 1.807) is 0 Å². The van der Waals surface area contributed by atoms with Crippen LogP contribution in [0, 0.1) is 0 Å². The van der Waals surface area contributed by atoms with Crippen LogP contribution in [-0.4, -0.2) is 32.1 Å². The quantitative estimate of drug-likeness (QED) is 0.436. The molecule has 1 unspecified atom stereocenters. The van der Waals surface area contributed by atoms with Crippen molar-refractivity contribution < 1.29 is 98.8 Å². The molecule has 0 spiro atoms. The number of benzene rings is 1. The largest absolute Gasteiger partial charge is 1.00 e. The summed E-state index contributed by atoms with van der Waals surface area (Å²) in [6, 6.07) is 3.50. The van der Waals surface area contributed by atoms with Crippen LogP contribution in [0.15, 0.2) is 39.5 Å². The third kappa shape index (κ3) is 6.49. The van der Waals surface area contributed by atoms with Crippen molar-refractivity contribution in [3.05, 3.63) is 40.5 Å². The molecule has 0 aromatic heterocycles. The monoisotopic (exact) mass is 484 g/mol. The van der Waals surface area contributed by atoms with E-state index >= 15 is 0 Å². The van der Waals surface area contributed by atoms with Crippen molar-refractivity contribution in [3.8, 4) is 0 Å². The molecular weight excluding hydrogens is 477 g/mol. The number of sulfonamides is 2. The molecule has 0 N–H and O–H groups in total. The molecule has 0 aliphatic carbocycles. The van der Waals surface area contributed by atoms with E-state index in [9.17, 15) is 47.4 Å². The second-order valence-corrected chi connectivity index (χ2v) is 9.74. The van der Waals surface area contributed by atoms with Gasteiger partial charge in [-0.25, -0.2) is 8.42 Å². The van der Waals surface area contributed by atoms with E-state index in [1.165, 1.54) is 10.2 Å². The van der Waals surface area contributed by atoms with Crippen LogP contribution in [0.5, 0.6) is 0 Å². The second-order valence-electron chi connectivity index (χ2n) is 4.26. The Morgan fingerprint density at radius 1 is 0.889 bits per heavy atom. The molecule has 7 nitrogen and oxygen atoms in total. The Morgan fingerprint density at radius 3 is 1.67 bits per heavy atom. The van der Waals surface area contributed by atoms with Gasteiger partial charge >= 0.3 is 62.4 Å². The van der Waals surface area contributed by atoms with E-state index < -0.39 is 45.9 Å². The number of hydrogen-bond donors (Lipinski definition) is 0. The molecule has 1 atom stereocenters. The number of nitrogens with zero attached hydrogens (tertiary/aromatic N) is 2. The van der Waals surface area contributed by atoms with E-state index in [0.717, 1.165) is 12.1 Å². The molecule has 1 rings (SSSR count). The summed E-state index contributed by atoms with van der Waals surface area (Å²) in [7, 11) is -19.2. The van der Waals surface area contributed by atoms with Gasteiger partial charge in [0.2, 0.25) is 0 Å². The van der Waals surface area contributed by atoms with E-state index in [0.29, 0.717) is 17.7 Å². The van der Waals surface area contributed by atoms with Crippen LogP contribution in [0.1, 0.15) is 5.56 Å². The Kier molecular flexibility index (Phi) is 8.78. The van der Waals surface area contributed by atoms with Gasteiger partial charge in [0.15, 0.2) is 10.0 Å². The van der Waals surface area contributed by atoms with Gasteiger partial charge in [-0.05, 0) is 17.7 Å². The molecule has 148 valence electrons. The summed E-state index contributed by atoms with van der Waals surface area (Å²) in [6.45, 7) is 3.32. The van der Waals surface area contributed by atoms with E-state index in [2.05, 4.69) is 6.58 Å². The van der Waals surface area contributed by atoms with Crippen LogP contribution in [0.2, 0.25) is 0 Å². The molecule has 0 aliphatic rings. The minimum Gasteiger partial charge on any atom is -0.438 e. The third-order valence-electron chi connectivity index (χ3n) is 2.41. The van der Waals surface area contributed by atoms with Crippen molar-refractivity contribution in [2.24, 2.45) is 3.77 Å². The molecule has 0 heterocycles. The molecule has 0 amide bonds. The maximum atomic E-state index is 12.8. The van der Waals surface area contributed by atoms with Gasteiger partial charge in [-0.1, -0.05) is 24.8 Å². The van der Waals surface area contributed by atoms with E-state index in [1.807, 2.05) is 3.77 Å². The molecule has 17 heteroatoms. The minimum absolute atomic E-state index is 0. The van der Waals surface area contributed by atoms with E-state index in [-0.39, 0.29) is 51.4 Å². The smallest absolute Gasteiger partial charge is 0.438 e. The first-order valence-electron chi connectivity index (χ1n) is 5.83. The molecule has 1 aromatic carbocycles. The van der Waals surface area contributed by atoms with Crippen LogP contribution >= 0.6 is 0 Å². The summed E-state index contributed by atoms with van der Waals surface area (Å²) in [5, 5.41) is 0. The minimum atomic E-state index is -6.95. The van der Waals surface area contributed by atoms with Crippen molar-refractivity contribution in [2.45, 2.75) is 15.9 Å². The molecule has 0 saturated heterocycles. The summed E-state index contributed by atoms with van der Waals surface area (Å²) in [5.41, 5.74) is -12.3. The number of alkyl halides is 6. The van der Waals surface area contributed by atoms with Crippen molar-refractivity contribution in [1.82, 2.24) is 0 Å². The van der Waals surface area contributed by atoms with Gasteiger partial charge in [0.05, 0.1) is 14.8 Å². The number of rotatable bonds is 5. The van der Waals surface area contributed by atoms with Gasteiger partial charge in [0.25, 0.3) is 10.0 Å². The van der Waals surface area contributed by atoms with E-state index in [4.69, 9.17) is 0 Å². The first-order valence-corrected chi connectivity index (χ1v) is 10.2. The Morgan fingerprint density at radius 2 is 1.33 bits per heavy atom. The summed E-state index contributed by atoms with van der Waals surface area (Å²) in [5.74, 6) is 0. The first kappa shape index (κ1) is 27.0. The normalized spacial score (nSPS) is 15.3. The summed E-state index contributed by atoms with van der Waals surface area (Å²) < 4.78 is 135. The van der Waals surface area contributed by atoms with Gasteiger partial charge in [-0.3, -0.25) is 4.21 Å². The Bertz CT molecular complexity index is 1020. The predicted octanol–water partition coefficient (Wildman–Crippen LogP) is 0.148. The van der Waals surface area contributed by atoms with Crippen molar-refractivity contribution in [1.29, 1.82) is 0 Å². The fraction of sp³-hybridized carbons (Fsp3) is 0.200. The van der Waals surface area contributed by atoms with Gasteiger partial charge < -0.3 is 4.13 Å². The number of hydrogen-bond acceptors (Lipinski definition) is 5. The molecule has 0 bridgehead atoms. The van der Waals surface area contributed by atoms with Gasteiger partial charge in [-0.15, -0.1) is 3.77 Å². The van der Waals surface area contributed by atoms with Crippen molar-refractivity contribution in [2.75, 3.05) is 0 Å². The Labute approximate surface area is 193 Å². The van der Waals surface area contributed by atoms with Gasteiger partial charge in [0.1, 0.15) is 0 Å². The summed E-state index contributed by atoms with van der Waals surface area (Å²) in [4.78, 5) is -0.986. The maximum absolute atomic E-state index is 12.8. The Balaban J connectivity index is 0.00000676. The van der Waals surface area contributed by atoms with Crippen LogP contribution in [0.4, 0.5) is 26.3 Å². The zero-order valence-corrected chi connectivity index (χ0v) is 18.6. The zero-order valence-electron chi connectivity index (χ0n) is 13.0. The molecule has 0 radical (unpaired) electrons. The fourth-order valence-corrected chi connectivity index (χ4v) is 5.55. The molecule has 0 aliphatic heterocycles. The van der Waals surface area contributed by atoms with Gasteiger partial charge in [0, 0.05) is 0 Å². The third-order valence-corrected chi connectivity index (χ3v) is 7.65. The average molecular weight is 484 g/mol. The van der Waals surface area contributed by atoms with Crippen LogP contribution in [-0.2, 0) is 30.0 Å². The summed E-state index contributed by atoms with van der Waals surface area (Å²) >= 11 is 0. The van der Waals surface area contributed by atoms with Crippen LogP contribution in [0.3, 0.4) is 0 Å². The SMILES string of the molecule is C=Cc1ccc(S(=O)(=O)N=S(=O)([N-]S(=O)(=O)C(F)(F)F)C(F)(F)F)cc1.[K+]. The zero-order chi connectivity index (χ0) is 20.6. The maximum Gasteiger partial charge on any atom is 1.00 e. The summed E-state index contributed by atoms with van der Waals surface area (Å²) in [6.07, 6.45) is 1.23. The van der Waals surface area contributed by atoms with Crippen molar-refractivity contribution in [3.63, 3.8) is 0 Å². The molecular formula is C10H7F6KN2O5S3. The van der Waals surface area contributed by atoms with Gasteiger partial charge in [-0.2, -0.15) is 34.8 Å². The fourth-order valence-electron chi connectivity index (χ4n) is 1.23. The number of halogens is 6. The average Bonchev–Trinajstić information content (AvgIpc) is 2.43. The predicted molar refractivity (Wildman–Crippen MR) is 78.7 cm³/mol. The first-order chi connectivity index (χ1) is 11.5. The molecule has 27 heavy (non-hydrogen) atoms. The molecule has 0 fully saturated rings. The molecule has 1 aromatic rings.